The van der Waals surface area contributed by atoms with Crippen molar-refractivity contribution in [2.24, 2.45) is 17.4 Å². The molecule has 1 aliphatic heterocycles. The summed E-state index contributed by atoms with van der Waals surface area (Å²) < 4.78 is 66.2. The van der Waals surface area contributed by atoms with Gasteiger partial charge in [-0.1, -0.05) is 18.6 Å². The lowest BCUT2D eigenvalue weighted by atomic mass is 9.88. The number of alkyl halides is 3. The van der Waals surface area contributed by atoms with E-state index in [1.54, 1.807) is 0 Å². The number of primary amides is 1. The summed E-state index contributed by atoms with van der Waals surface area (Å²) >= 11 is 0. The Morgan fingerprint density at radius 2 is 1.53 bits per heavy atom. The van der Waals surface area contributed by atoms with Gasteiger partial charge in [-0.3, -0.25) is 9.59 Å². The van der Waals surface area contributed by atoms with Gasteiger partial charge in [-0.2, -0.15) is 13.2 Å². The number of nitrogens with one attached hydrogen (secondary N) is 1. The molecule has 0 saturated carbocycles. The quantitative estimate of drug-likeness (QED) is 0.618. The van der Waals surface area contributed by atoms with E-state index in [-0.39, 0.29) is 17.5 Å². The lowest BCUT2D eigenvalue weighted by molar-refractivity contribution is -0.137. The molecule has 2 aromatic rings. The van der Waals surface area contributed by atoms with Crippen LogP contribution in [0, 0.1) is 5.92 Å². The molecule has 2 atom stereocenters. The molecule has 2 amide bonds. The average Bonchev–Trinajstić information content (AvgIpc) is 2.97. The highest BCUT2D eigenvalue weighted by atomic mass is 32.2. The number of benzene rings is 2. The zero-order chi connectivity index (χ0) is 23.7. The number of halogens is 3. The van der Waals surface area contributed by atoms with Gasteiger partial charge in [-0.05, 0) is 54.8 Å². The van der Waals surface area contributed by atoms with Gasteiger partial charge in [0.15, 0.2) is 4.87 Å². The average molecular weight is 469 g/mol. The van der Waals surface area contributed by atoms with Crippen molar-refractivity contribution in [1.29, 1.82) is 0 Å². The van der Waals surface area contributed by atoms with Gasteiger partial charge in [0.2, 0.25) is 21.7 Å². The summed E-state index contributed by atoms with van der Waals surface area (Å²) in [7, 11) is -4.56. The van der Waals surface area contributed by atoms with Crippen LogP contribution in [0.2, 0.25) is 0 Å². The van der Waals surface area contributed by atoms with Crippen molar-refractivity contribution in [3.8, 4) is 0 Å². The Balaban J connectivity index is 2.19. The highest BCUT2D eigenvalue weighted by Gasteiger charge is 2.52. The monoisotopic (exact) mass is 469 g/mol. The first kappa shape index (κ1) is 23.7. The van der Waals surface area contributed by atoms with E-state index >= 15 is 0 Å². The number of carbonyl (C=O) groups is 2. The number of rotatable bonds is 5. The van der Waals surface area contributed by atoms with Gasteiger partial charge < -0.3 is 16.8 Å². The molecule has 0 aliphatic carbocycles. The second-order valence-electron chi connectivity index (χ2n) is 7.60. The van der Waals surface area contributed by atoms with Crippen molar-refractivity contribution in [2.75, 3.05) is 6.54 Å². The van der Waals surface area contributed by atoms with Crippen LogP contribution in [0.3, 0.4) is 0 Å². The molecule has 3 rings (SSSR count). The summed E-state index contributed by atoms with van der Waals surface area (Å²) in [4.78, 5) is 21.5. The second kappa shape index (κ2) is 8.55. The zero-order valence-corrected chi connectivity index (χ0v) is 17.7. The Morgan fingerprint density at radius 3 is 2.06 bits per heavy atom. The van der Waals surface area contributed by atoms with Crippen LogP contribution in [0.1, 0.15) is 40.7 Å². The van der Waals surface area contributed by atoms with Gasteiger partial charge >= 0.3 is 6.18 Å². The predicted octanol–water partition coefficient (Wildman–Crippen LogP) is 2.31. The van der Waals surface area contributed by atoms with Crippen molar-refractivity contribution in [3.63, 3.8) is 0 Å². The Bertz CT molecular complexity index is 1120. The van der Waals surface area contributed by atoms with Crippen LogP contribution in [-0.2, 0) is 25.7 Å². The molecule has 172 valence electrons. The van der Waals surface area contributed by atoms with Crippen LogP contribution in [0.15, 0.2) is 53.4 Å². The second-order valence-corrected chi connectivity index (χ2v) is 9.75. The third-order valence-electron chi connectivity index (χ3n) is 5.61. The third-order valence-corrected chi connectivity index (χ3v) is 7.91. The zero-order valence-electron chi connectivity index (χ0n) is 16.9. The molecule has 32 heavy (non-hydrogen) atoms. The lowest BCUT2D eigenvalue weighted by Crippen LogP contribution is -2.55. The molecule has 0 aromatic heterocycles. The standard InChI is InChI=1S/C21H22F3N3O4S/c22-21(23,24)15-8-10-16(11-9-15)32(30,31)20(26,17-3-1-2-12-27-19(17)29)14-6-4-13(5-7-14)18(25)28/h4-11,17H,1-3,12,26H2,(H2,25,28)(H,27,29). The molecular weight excluding hydrogens is 447 g/mol. The lowest BCUT2D eigenvalue weighted by Gasteiger charge is -2.36. The summed E-state index contributed by atoms with van der Waals surface area (Å²) in [5.74, 6) is -2.52. The summed E-state index contributed by atoms with van der Waals surface area (Å²) in [6.07, 6.45) is -3.35. The van der Waals surface area contributed by atoms with Gasteiger partial charge in [-0.15, -0.1) is 0 Å². The first-order valence-corrected chi connectivity index (χ1v) is 11.3. The molecule has 0 radical (unpaired) electrons. The van der Waals surface area contributed by atoms with Gasteiger partial charge in [0.05, 0.1) is 16.4 Å². The third kappa shape index (κ3) is 4.22. The van der Waals surface area contributed by atoms with E-state index < -0.39 is 49.1 Å². The minimum absolute atomic E-state index is 0.0180. The topological polar surface area (TPSA) is 132 Å². The number of carbonyl (C=O) groups excluding carboxylic acids is 2. The van der Waals surface area contributed by atoms with E-state index in [0.717, 1.165) is 12.1 Å². The molecule has 11 heteroatoms. The molecule has 1 aliphatic rings. The fourth-order valence-electron chi connectivity index (χ4n) is 3.81. The number of nitrogens with two attached hydrogens (primary N) is 2. The van der Waals surface area contributed by atoms with Crippen molar-refractivity contribution < 1.29 is 31.2 Å². The van der Waals surface area contributed by atoms with Gasteiger partial charge in [0.1, 0.15) is 0 Å². The molecule has 1 fully saturated rings. The Morgan fingerprint density at radius 1 is 0.969 bits per heavy atom. The van der Waals surface area contributed by atoms with Crippen LogP contribution >= 0.6 is 0 Å². The molecule has 1 saturated heterocycles. The van der Waals surface area contributed by atoms with Crippen LogP contribution in [0.5, 0.6) is 0 Å². The molecule has 2 aromatic carbocycles. The maximum absolute atomic E-state index is 13.7. The summed E-state index contributed by atoms with van der Waals surface area (Å²) in [6, 6.07) is 8.11. The van der Waals surface area contributed by atoms with Crippen molar-refractivity contribution in [1.82, 2.24) is 5.32 Å². The van der Waals surface area contributed by atoms with Crippen molar-refractivity contribution >= 4 is 21.7 Å². The predicted molar refractivity (Wildman–Crippen MR) is 110 cm³/mol. The highest BCUT2D eigenvalue weighted by molar-refractivity contribution is 7.92. The Hall–Kier alpha value is -2.92. The van der Waals surface area contributed by atoms with Crippen molar-refractivity contribution in [2.45, 2.75) is 35.2 Å². The molecule has 5 N–H and O–H groups in total. The van der Waals surface area contributed by atoms with Gasteiger partial charge in [-0.25, -0.2) is 8.42 Å². The SMILES string of the molecule is NC(=O)c1ccc(C(N)(C2CCCCNC2=O)S(=O)(=O)c2ccc(C(F)(F)F)cc2)cc1. The van der Waals surface area contributed by atoms with E-state index in [0.29, 0.717) is 31.5 Å². The smallest absolute Gasteiger partial charge is 0.366 e. The van der Waals surface area contributed by atoms with Gasteiger partial charge in [0.25, 0.3) is 0 Å². The van der Waals surface area contributed by atoms with Crippen molar-refractivity contribution in [3.05, 3.63) is 65.2 Å². The van der Waals surface area contributed by atoms with Crippen LogP contribution in [0.4, 0.5) is 13.2 Å². The summed E-state index contributed by atoms with van der Waals surface area (Å²) in [5.41, 5.74) is 10.9. The summed E-state index contributed by atoms with van der Waals surface area (Å²) in [6.45, 7) is 0.354. The maximum Gasteiger partial charge on any atom is 0.416 e. The Kier molecular flexibility index (Phi) is 6.34. The largest absolute Gasteiger partial charge is 0.416 e. The fraction of sp³-hybridized carbons (Fsp3) is 0.333. The van der Waals surface area contributed by atoms with Gasteiger partial charge in [0, 0.05) is 12.1 Å². The molecule has 2 unspecified atom stereocenters. The van der Waals surface area contributed by atoms with E-state index in [4.69, 9.17) is 11.5 Å². The first-order valence-electron chi connectivity index (χ1n) is 9.78. The van der Waals surface area contributed by atoms with E-state index in [9.17, 15) is 31.2 Å². The van der Waals surface area contributed by atoms with Crippen LogP contribution in [-0.4, -0.2) is 26.8 Å². The van der Waals surface area contributed by atoms with E-state index in [1.807, 2.05) is 0 Å². The molecular formula is C21H22F3N3O4S. The number of amides is 2. The molecule has 7 nitrogen and oxygen atoms in total. The molecule has 0 spiro atoms. The number of sulfone groups is 1. The summed E-state index contributed by atoms with van der Waals surface area (Å²) in [5, 5.41) is 2.65. The Labute approximate surface area is 182 Å². The normalized spacial score (nSPS) is 19.5. The minimum atomic E-state index is -4.64. The van der Waals surface area contributed by atoms with Crippen LogP contribution < -0.4 is 16.8 Å². The molecule has 0 bridgehead atoms. The fourth-order valence-corrected chi connectivity index (χ4v) is 5.74. The van der Waals surface area contributed by atoms with E-state index in [2.05, 4.69) is 5.32 Å². The maximum atomic E-state index is 13.7. The number of hydrogen-bond donors (Lipinski definition) is 3. The van der Waals surface area contributed by atoms with E-state index in [1.165, 1.54) is 24.3 Å². The first-order chi connectivity index (χ1) is 14.9. The molecule has 1 heterocycles. The number of hydrogen-bond acceptors (Lipinski definition) is 5. The minimum Gasteiger partial charge on any atom is -0.366 e. The van der Waals surface area contributed by atoms with Crippen LogP contribution in [0.25, 0.3) is 0 Å². The highest BCUT2D eigenvalue weighted by Crippen LogP contribution is 2.41.